The number of hydrogen-bond donors (Lipinski definition) is 1. The fourth-order valence-electron chi connectivity index (χ4n) is 1.78. The van der Waals surface area contributed by atoms with Crippen molar-refractivity contribution in [3.8, 4) is 0 Å². The molecule has 0 spiro atoms. The first-order chi connectivity index (χ1) is 8.71. The summed E-state index contributed by atoms with van der Waals surface area (Å²) < 4.78 is 26.3. The number of benzene rings is 1. The minimum Gasteiger partial charge on any atom is -0.377 e. The van der Waals surface area contributed by atoms with E-state index in [0.717, 1.165) is 11.3 Å². The van der Waals surface area contributed by atoms with Crippen molar-refractivity contribution < 1.29 is 8.42 Å². The topological polar surface area (TPSA) is 66.6 Å². The quantitative estimate of drug-likeness (QED) is 0.877. The maximum atomic E-state index is 12.5. The molecule has 0 fully saturated rings. The molecule has 108 valence electrons. The predicted octanol–water partition coefficient (Wildman–Crippen LogP) is 1.03. The molecule has 2 N–H and O–H groups in total. The first-order valence-corrected chi connectivity index (χ1v) is 7.62. The standard InChI is InChI=1S/C13H23N3O2S/c1-10-6-7-12(8-13(10)15(3)4)19(17,18)16(5)11(2)9-14/h6-8,11H,9,14H2,1-5H3. The maximum Gasteiger partial charge on any atom is 0.243 e. The molecule has 1 aromatic carbocycles. The van der Waals surface area contributed by atoms with Crippen molar-refractivity contribution in [2.75, 3.05) is 32.6 Å². The van der Waals surface area contributed by atoms with E-state index in [1.54, 1.807) is 26.1 Å². The number of nitrogens with two attached hydrogens (primary N) is 1. The number of aryl methyl sites for hydroxylation is 1. The molecule has 0 aliphatic carbocycles. The molecule has 0 aliphatic heterocycles. The van der Waals surface area contributed by atoms with E-state index in [9.17, 15) is 8.42 Å². The summed E-state index contributed by atoms with van der Waals surface area (Å²) in [4.78, 5) is 2.20. The van der Waals surface area contributed by atoms with Gasteiger partial charge >= 0.3 is 0 Å². The molecule has 6 heteroatoms. The van der Waals surface area contributed by atoms with Gasteiger partial charge in [0.15, 0.2) is 0 Å². The van der Waals surface area contributed by atoms with E-state index in [0.29, 0.717) is 11.4 Å². The highest BCUT2D eigenvalue weighted by Gasteiger charge is 2.25. The van der Waals surface area contributed by atoms with E-state index in [1.165, 1.54) is 4.31 Å². The highest BCUT2D eigenvalue weighted by Crippen LogP contribution is 2.24. The number of sulfonamides is 1. The highest BCUT2D eigenvalue weighted by molar-refractivity contribution is 7.89. The molecule has 0 saturated heterocycles. The van der Waals surface area contributed by atoms with Gasteiger partial charge in [-0.2, -0.15) is 4.31 Å². The van der Waals surface area contributed by atoms with E-state index in [1.807, 2.05) is 32.0 Å². The Hall–Kier alpha value is -1.11. The van der Waals surface area contributed by atoms with Crippen molar-refractivity contribution in [3.05, 3.63) is 23.8 Å². The third-order valence-corrected chi connectivity index (χ3v) is 5.27. The van der Waals surface area contributed by atoms with Crippen LogP contribution in [0, 0.1) is 6.92 Å². The normalized spacial score (nSPS) is 13.6. The zero-order valence-electron chi connectivity index (χ0n) is 12.2. The zero-order valence-corrected chi connectivity index (χ0v) is 13.0. The van der Waals surface area contributed by atoms with E-state index in [2.05, 4.69) is 0 Å². The molecule has 0 radical (unpaired) electrons. The smallest absolute Gasteiger partial charge is 0.243 e. The number of rotatable bonds is 5. The average molecular weight is 285 g/mol. The third kappa shape index (κ3) is 3.26. The summed E-state index contributed by atoms with van der Waals surface area (Å²) in [6.45, 7) is 4.04. The van der Waals surface area contributed by atoms with Crippen molar-refractivity contribution >= 4 is 15.7 Å². The Morgan fingerprint density at radius 2 is 1.84 bits per heavy atom. The molecule has 0 bridgehead atoms. The van der Waals surface area contributed by atoms with Crippen LogP contribution < -0.4 is 10.6 Å². The SMILES string of the molecule is Cc1ccc(S(=O)(=O)N(C)C(C)CN)cc1N(C)C. The Morgan fingerprint density at radius 1 is 1.26 bits per heavy atom. The van der Waals surface area contributed by atoms with Gasteiger partial charge in [-0.05, 0) is 31.5 Å². The van der Waals surface area contributed by atoms with Crippen molar-refractivity contribution in [3.63, 3.8) is 0 Å². The second kappa shape index (κ2) is 5.90. The lowest BCUT2D eigenvalue weighted by molar-refractivity contribution is 0.394. The van der Waals surface area contributed by atoms with Crippen molar-refractivity contribution in [1.29, 1.82) is 0 Å². The van der Waals surface area contributed by atoms with Crippen LogP contribution in [0.1, 0.15) is 12.5 Å². The lowest BCUT2D eigenvalue weighted by Gasteiger charge is -2.24. The summed E-state index contributed by atoms with van der Waals surface area (Å²) in [5.74, 6) is 0. The Labute approximate surface area is 116 Å². The van der Waals surface area contributed by atoms with Gasteiger partial charge in [0.25, 0.3) is 0 Å². The van der Waals surface area contributed by atoms with Crippen LogP contribution in [0.25, 0.3) is 0 Å². The molecule has 0 aliphatic rings. The van der Waals surface area contributed by atoms with Gasteiger partial charge in [-0.15, -0.1) is 0 Å². The summed E-state index contributed by atoms with van der Waals surface area (Å²) in [6, 6.07) is 4.93. The van der Waals surface area contributed by atoms with Crippen LogP contribution in [0.4, 0.5) is 5.69 Å². The molecule has 0 aromatic heterocycles. The van der Waals surface area contributed by atoms with Crippen LogP contribution in [0.15, 0.2) is 23.1 Å². The van der Waals surface area contributed by atoms with Crippen LogP contribution in [0.2, 0.25) is 0 Å². The van der Waals surface area contributed by atoms with Gasteiger partial charge in [-0.25, -0.2) is 8.42 Å². The highest BCUT2D eigenvalue weighted by atomic mass is 32.2. The number of hydrogen-bond acceptors (Lipinski definition) is 4. The van der Waals surface area contributed by atoms with Crippen molar-refractivity contribution in [2.45, 2.75) is 24.8 Å². The summed E-state index contributed by atoms with van der Waals surface area (Å²) >= 11 is 0. The largest absolute Gasteiger partial charge is 0.377 e. The first kappa shape index (κ1) is 15.9. The predicted molar refractivity (Wildman–Crippen MR) is 79.0 cm³/mol. The van der Waals surface area contributed by atoms with Gasteiger partial charge in [-0.3, -0.25) is 0 Å². The van der Waals surface area contributed by atoms with E-state index in [4.69, 9.17) is 5.73 Å². The Bertz CT molecular complexity index is 541. The van der Waals surface area contributed by atoms with Crippen LogP contribution in [-0.4, -0.2) is 46.5 Å². The van der Waals surface area contributed by atoms with Crippen LogP contribution in [-0.2, 0) is 10.0 Å². The number of anilines is 1. The van der Waals surface area contributed by atoms with E-state index < -0.39 is 10.0 Å². The molecule has 1 aromatic rings. The lowest BCUT2D eigenvalue weighted by Crippen LogP contribution is -2.39. The summed E-state index contributed by atoms with van der Waals surface area (Å²) in [5.41, 5.74) is 7.47. The summed E-state index contributed by atoms with van der Waals surface area (Å²) in [5, 5.41) is 0. The first-order valence-electron chi connectivity index (χ1n) is 6.18. The summed E-state index contributed by atoms with van der Waals surface area (Å²) in [6.07, 6.45) is 0. The molecule has 5 nitrogen and oxygen atoms in total. The minimum atomic E-state index is -3.50. The van der Waals surface area contributed by atoms with E-state index >= 15 is 0 Å². The Kier molecular flexibility index (Phi) is 4.95. The van der Waals surface area contributed by atoms with Crippen LogP contribution >= 0.6 is 0 Å². The zero-order chi connectivity index (χ0) is 14.8. The van der Waals surface area contributed by atoms with Gasteiger partial charge in [0.2, 0.25) is 10.0 Å². The average Bonchev–Trinajstić information content (AvgIpc) is 2.36. The summed E-state index contributed by atoms with van der Waals surface area (Å²) in [7, 11) is 1.85. The molecule has 1 unspecified atom stereocenters. The van der Waals surface area contributed by atoms with Gasteiger partial charge in [0, 0.05) is 39.4 Å². The molecule has 0 saturated carbocycles. The minimum absolute atomic E-state index is 0.228. The number of likely N-dealkylation sites (N-methyl/N-ethyl adjacent to an activating group) is 1. The Morgan fingerprint density at radius 3 is 2.32 bits per heavy atom. The molecule has 1 rings (SSSR count). The van der Waals surface area contributed by atoms with Crippen molar-refractivity contribution in [1.82, 2.24) is 4.31 Å². The third-order valence-electron chi connectivity index (χ3n) is 3.30. The van der Waals surface area contributed by atoms with Crippen molar-refractivity contribution in [2.24, 2.45) is 5.73 Å². The molecule has 0 heterocycles. The molecular formula is C13H23N3O2S. The monoisotopic (exact) mass is 285 g/mol. The molecule has 0 amide bonds. The molecule has 19 heavy (non-hydrogen) atoms. The van der Waals surface area contributed by atoms with Gasteiger partial charge < -0.3 is 10.6 Å². The second-order valence-electron chi connectivity index (χ2n) is 4.95. The van der Waals surface area contributed by atoms with Gasteiger partial charge in [0.1, 0.15) is 0 Å². The lowest BCUT2D eigenvalue weighted by atomic mass is 10.2. The molecular weight excluding hydrogens is 262 g/mol. The second-order valence-corrected chi connectivity index (χ2v) is 6.95. The van der Waals surface area contributed by atoms with Crippen LogP contribution in [0.3, 0.4) is 0 Å². The fraction of sp³-hybridized carbons (Fsp3) is 0.538. The fourth-order valence-corrected chi connectivity index (χ4v) is 3.18. The van der Waals surface area contributed by atoms with Gasteiger partial charge in [0.05, 0.1) is 4.90 Å². The number of nitrogens with zero attached hydrogens (tertiary/aromatic N) is 2. The van der Waals surface area contributed by atoms with E-state index in [-0.39, 0.29) is 6.04 Å². The van der Waals surface area contributed by atoms with Crippen LogP contribution in [0.5, 0.6) is 0 Å². The maximum absolute atomic E-state index is 12.5. The van der Waals surface area contributed by atoms with Gasteiger partial charge in [-0.1, -0.05) is 6.07 Å². The Balaban J connectivity index is 3.26. The molecule has 1 atom stereocenters.